The van der Waals surface area contributed by atoms with Crippen molar-refractivity contribution in [3.05, 3.63) is 18.2 Å². The highest BCUT2D eigenvalue weighted by Crippen LogP contribution is 2.05. The average Bonchev–Trinajstić information content (AvgIpc) is 3.24. The Morgan fingerprint density at radius 3 is 2.28 bits per heavy atom. The number of nitrogens with one attached hydrogen (secondary N) is 4. The molecule has 1 aromatic heterocycles. The van der Waals surface area contributed by atoms with E-state index in [1.165, 1.54) is 24.3 Å². The number of aromatic amines is 1. The van der Waals surface area contributed by atoms with Crippen LogP contribution in [0.25, 0.3) is 0 Å². The Labute approximate surface area is 188 Å². The summed E-state index contributed by atoms with van der Waals surface area (Å²) in [6, 6.07) is -3.34. The first kappa shape index (κ1) is 26.9. The molecule has 1 aromatic rings. The molecule has 8 N–H and O–H groups in total. The van der Waals surface area contributed by atoms with Gasteiger partial charge in [-0.05, 0) is 24.9 Å². The standard InChI is InChI=1S/C18H28N6O7S/c1-32-5-4-13(17(30)21-8-15(27)28)24-18(31)12(2-3-14(25)26)23-16(29)11(19)6-10-7-20-9-22-10/h7,9,11-13H,2-6,8,19H2,1H3,(H,20,22)(H,21,30)(H,23,29)(H,24,31)(H,25,26)(H,27,28). The van der Waals surface area contributed by atoms with Gasteiger partial charge in [0.2, 0.25) is 17.7 Å². The zero-order chi connectivity index (χ0) is 24.1. The zero-order valence-corrected chi connectivity index (χ0v) is 18.3. The van der Waals surface area contributed by atoms with E-state index in [4.69, 9.17) is 15.9 Å². The number of imidazole rings is 1. The van der Waals surface area contributed by atoms with E-state index in [1.54, 1.807) is 6.26 Å². The van der Waals surface area contributed by atoms with Gasteiger partial charge >= 0.3 is 11.9 Å². The molecule has 14 heteroatoms. The van der Waals surface area contributed by atoms with Crippen LogP contribution in [0.2, 0.25) is 0 Å². The Morgan fingerprint density at radius 2 is 1.72 bits per heavy atom. The number of H-pyrrole nitrogens is 1. The van der Waals surface area contributed by atoms with Gasteiger partial charge in [-0.15, -0.1) is 0 Å². The third-order valence-corrected chi connectivity index (χ3v) is 4.91. The van der Waals surface area contributed by atoms with E-state index >= 15 is 0 Å². The number of thioether (sulfide) groups is 1. The third-order valence-electron chi connectivity index (χ3n) is 4.27. The minimum Gasteiger partial charge on any atom is -0.481 e. The van der Waals surface area contributed by atoms with Crippen LogP contribution in [0.15, 0.2) is 12.5 Å². The molecule has 3 atom stereocenters. The molecule has 32 heavy (non-hydrogen) atoms. The number of nitrogens with two attached hydrogens (primary N) is 1. The number of aliphatic carboxylic acids is 2. The largest absolute Gasteiger partial charge is 0.481 e. The molecule has 0 aromatic carbocycles. The van der Waals surface area contributed by atoms with Gasteiger partial charge in [-0.3, -0.25) is 24.0 Å². The van der Waals surface area contributed by atoms with Crippen LogP contribution in [0.5, 0.6) is 0 Å². The zero-order valence-electron chi connectivity index (χ0n) is 17.5. The molecule has 0 saturated carbocycles. The summed E-state index contributed by atoms with van der Waals surface area (Å²) in [5.74, 6) is -4.07. The van der Waals surface area contributed by atoms with Gasteiger partial charge in [-0.2, -0.15) is 11.8 Å². The minimum atomic E-state index is -1.25. The second kappa shape index (κ2) is 14.0. The molecule has 0 fully saturated rings. The lowest BCUT2D eigenvalue weighted by Crippen LogP contribution is -2.56. The second-order valence-electron chi connectivity index (χ2n) is 6.84. The molecule has 0 bridgehead atoms. The van der Waals surface area contributed by atoms with Crippen LogP contribution in [0, 0.1) is 0 Å². The van der Waals surface area contributed by atoms with Gasteiger partial charge < -0.3 is 36.9 Å². The number of hydrogen-bond donors (Lipinski definition) is 7. The van der Waals surface area contributed by atoms with Gasteiger partial charge in [-0.25, -0.2) is 4.98 Å². The Hall–Kier alpha value is -3.13. The molecule has 0 spiro atoms. The van der Waals surface area contributed by atoms with Gasteiger partial charge in [0.05, 0.1) is 12.4 Å². The Bertz CT molecular complexity index is 789. The van der Waals surface area contributed by atoms with Crippen LogP contribution < -0.4 is 21.7 Å². The summed E-state index contributed by atoms with van der Waals surface area (Å²) in [4.78, 5) is 65.8. The van der Waals surface area contributed by atoms with E-state index in [1.807, 2.05) is 0 Å². The van der Waals surface area contributed by atoms with Crippen molar-refractivity contribution in [2.75, 3.05) is 18.6 Å². The summed E-state index contributed by atoms with van der Waals surface area (Å²) in [6.45, 7) is -0.619. The molecular formula is C18H28N6O7S. The number of amides is 3. The van der Waals surface area contributed by atoms with Gasteiger partial charge in [0, 0.05) is 24.7 Å². The fraction of sp³-hybridized carbons (Fsp3) is 0.556. The lowest BCUT2D eigenvalue weighted by Gasteiger charge is -2.23. The SMILES string of the molecule is CSCCC(NC(=O)C(CCC(=O)O)NC(=O)C(N)Cc1cnc[nH]1)C(=O)NCC(=O)O. The summed E-state index contributed by atoms with van der Waals surface area (Å²) in [7, 11) is 0. The molecule has 13 nitrogen and oxygen atoms in total. The maximum atomic E-state index is 12.8. The van der Waals surface area contributed by atoms with Crippen molar-refractivity contribution in [3.63, 3.8) is 0 Å². The van der Waals surface area contributed by atoms with Crippen molar-refractivity contribution in [1.82, 2.24) is 25.9 Å². The second-order valence-corrected chi connectivity index (χ2v) is 7.82. The maximum absolute atomic E-state index is 12.8. The number of carbonyl (C=O) groups is 5. The van der Waals surface area contributed by atoms with E-state index in [0.717, 1.165) is 0 Å². The summed E-state index contributed by atoms with van der Waals surface area (Å²) in [6.07, 6.45) is 4.40. The molecule has 3 amide bonds. The van der Waals surface area contributed by atoms with Crippen LogP contribution in [0.1, 0.15) is 25.0 Å². The van der Waals surface area contributed by atoms with E-state index < -0.39 is 60.8 Å². The molecule has 0 aliphatic carbocycles. The third kappa shape index (κ3) is 10.3. The molecule has 0 saturated heterocycles. The lowest BCUT2D eigenvalue weighted by atomic mass is 10.1. The summed E-state index contributed by atoms with van der Waals surface area (Å²) in [5.41, 5.74) is 6.47. The van der Waals surface area contributed by atoms with Crippen molar-refractivity contribution >= 4 is 41.4 Å². The van der Waals surface area contributed by atoms with E-state index in [9.17, 15) is 24.0 Å². The van der Waals surface area contributed by atoms with Gasteiger partial charge in [0.15, 0.2) is 0 Å². The monoisotopic (exact) mass is 472 g/mol. The molecule has 1 rings (SSSR count). The fourth-order valence-electron chi connectivity index (χ4n) is 2.60. The van der Waals surface area contributed by atoms with Crippen molar-refractivity contribution < 1.29 is 34.2 Å². The predicted octanol–water partition coefficient (Wildman–Crippen LogP) is -1.93. The van der Waals surface area contributed by atoms with Gasteiger partial charge in [0.25, 0.3) is 0 Å². The minimum absolute atomic E-state index is 0.118. The lowest BCUT2D eigenvalue weighted by molar-refractivity contribution is -0.138. The first-order valence-electron chi connectivity index (χ1n) is 9.67. The number of aromatic nitrogens is 2. The molecule has 178 valence electrons. The van der Waals surface area contributed by atoms with E-state index in [-0.39, 0.29) is 19.3 Å². The number of carboxylic acids is 2. The number of carboxylic acid groups (broad SMARTS) is 2. The predicted molar refractivity (Wildman–Crippen MR) is 115 cm³/mol. The van der Waals surface area contributed by atoms with Crippen LogP contribution in [-0.4, -0.2) is 86.5 Å². The van der Waals surface area contributed by atoms with Crippen LogP contribution in [-0.2, 0) is 30.4 Å². The average molecular weight is 473 g/mol. The summed E-state index contributed by atoms with van der Waals surface area (Å²) < 4.78 is 0. The van der Waals surface area contributed by atoms with Crippen LogP contribution in [0.3, 0.4) is 0 Å². The molecular weight excluding hydrogens is 444 g/mol. The highest BCUT2D eigenvalue weighted by atomic mass is 32.2. The highest BCUT2D eigenvalue weighted by molar-refractivity contribution is 7.98. The number of carbonyl (C=O) groups excluding carboxylic acids is 3. The van der Waals surface area contributed by atoms with Gasteiger partial charge in [0.1, 0.15) is 18.6 Å². The molecule has 0 radical (unpaired) electrons. The Morgan fingerprint density at radius 1 is 1.06 bits per heavy atom. The first-order chi connectivity index (χ1) is 15.1. The van der Waals surface area contributed by atoms with E-state index in [2.05, 4.69) is 25.9 Å². The quantitative estimate of drug-likeness (QED) is 0.150. The normalized spacial score (nSPS) is 13.4. The fourth-order valence-corrected chi connectivity index (χ4v) is 3.08. The van der Waals surface area contributed by atoms with Crippen LogP contribution in [0.4, 0.5) is 0 Å². The van der Waals surface area contributed by atoms with Crippen LogP contribution >= 0.6 is 11.8 Å². The number of hydrogen-bond acceptors (Lipinski definition) is 8. The summed E-state index contributed by atoms with van der Waals surface area (Å²) >= 11 is 1.42. The highest BCUT2D eigenvalue weighted by Gasteiger charge is 2.28. The number of nitrogens with zero attached hydrogens (tertiary/aromatic N) is 1. The summed E-state index contributed by atoms with van der Waals surface area (Å²) in [5, 5.41) is 24.8. The molecule has 0 aliphatic heterocycles. The molecule has 0 aliphatic rings. The first-order valence-corrected chi connectivity index (χ1v) is 11.1. The van der Waals surface area contributed by atoms with Crippen molar-refractivity contribution in [1.29, 1.82) is 0 Å². The molecule has 1 heterocycles. The van der Waals surface area contributed by atoms with Gasteiger partial charge in [-0.1, -0.05) is 0 Å². The van der Waals surface area contributed by atoms with Crippen molar-refractivity contribution in [2.24, 2.45) is 5.73 Å². The van der Waals surface area contributed by atoms with Crippen molar-refractivity contribution in [2.45, 2.75) is 43.8 Å². The number of rotatable bonds is 15. The maximum Gasteiger partial charge on any atom is 0.322 e. The molecule has 3 unspecified atom stereocenters. The Balaban J connectivity index is 2.84. The van der Waals surface area contributed by atoms with E-state index in [0.29, 0.717) is 11.4 Å². The smallest absolute Gasteiger partial charge is 0.322 e. The topological polar surface area (TPSA) is 217 Å². The van der Waals surface area contributed by atoms with Crippen molar-refractivity contribution in [3.8, 4) is 0 Å². The Kier molecular flexibility index (Phi) is 11.8.